The summed E-state index contributed by atoms with van der Waals surface area (Å²) in [6.45, 7) is -0.147. The van der Waals surface area contributed by atoms with E-state index in [1.807, 2.05) is 66.7 Å². The topological polar surface area (TPSA) is 68.3 Å². The average Bonchev–Trinajstić information content (AvgIpc) is 3.22. The first-order valence-corrected chi connectivity index (χ1v) is 10.2. The zero-order valence-electron chi connectivity index (χ0n) is 15.9. The number of amides is 1. The number of carbonyl (C=O) groups excluding carboxylic acids is 2. The lowest BCUT2D eigenvalue weighted by Gasteiger charge is -2.05. The van der Waals surface area contributed by atoms with Crippen LogP contribution in [0.15, 0.2) is 91.0 Å². The van der Waals surface area contributed by atoms with E-state index in [-0.39, 0.29) is 18.3 Å². The molecule has 1 N–H and O–H groups in total. The fourth-order valence-corrected chi connectivity index (χ4v) is 3.83. The van der Waals surface area contributed by atoms with Crippen LogP contribution in [0.5, 0.6) is 5.75 Å². The van der Waals surface area contributed by atoms with E-state index in [2.05, 4.69) is 10.3 Å². The number of benzene rings is 3. The zero-order valence-corrected chi connectivity index (χ0v) is 16.8. The Kier molecular flexibility index (Phi) is 5.96. The molecule has 30 heavy (non-hydrogen) atoms. The highest BCUT2D eigenvalue weighted by Crippen LogP contribution is 2.33. The lowest BCUT2D eigenvalue weighted by atomic mass is 10.1. The molecule has 4 rings (SSSR count). The molecule has 0 aliphatic carbocycles. The molecular formula is C24H18N2O3S. The fraction of sp³-hybridized carbons (Fsp3) is 0.0417. The van der Waals surface area contributed by atoms with Crippen molar-refractivity contribution in [2.45, 2.75) is 0 Å². The van der Waals surface area contributed by atoms with Gasteiger partial charge in [0.15, 0.2) is 11.7 Å². The Labute approximate surface area is 178 Å². The van der Waals surface area contributed by atoms with E-state index in [4.69, 9.17) is 4.74 Å². The maximum atomic E-state index is 13.1. The number of nitrogens with one attached hydrogen (secondary N) is 1. The Balaban J connectivity index is 1.57. The zero-order chi connectivity index (χ0) is 20.8. The second-order valence-electron chi connectivity index (χ2n) is 6.41. The Bertz CT molecular complexity index is 1140. The van der Waals surface area contributed by atoms with E-state index in [0.29, 0.717) is 27.0 Å². The van der Waals surface area contributed by atoms with Crippen molar-refractivity contribution in [3.8, 4) is 17.0 Å². The number of thiazole rings is 1. The highest BCUT2D eigenvalue weighted by Gasteiger charge is 2.21. The van der Waals surface area contributed by atoms with Gasteiger partial charge < -0.3 is 4.74 Å². The minimum atomic E-state index is -0.342. The van der Waals surface area contributed by atoms with E-state index in [0.717, 1.165) is 16.9 Å². The van der Waals surface area contributed by atoms with Gasteiger partial charge in [-0.25, -0.2) is 4.98 Å². The quantitative estimate of drug-likeness (QED) is 0.429. The van der Waals surface area contributed by atoms with Gasteiger partial charge in [-0.3, -0.25) is 14.9 Å². The average molecular weight is 414 g/mol. The molecule has 0 radical (unpaired) electrons. The molecular weight excluding hydrogens is 396 g/mol. The number of carbonyl (C=O) groups is 2. The van der Waals surface area contributed by atoms with Crippen LogP contribution in [0.3, 0.4) is 0 Å². The molecule has 0 saturated heterocycles. The van der Waals surface area contributed by atoms with Gasteiger partial charge in [-0.2, -0.15) is 0 Å². The summed E-state index contributed by atoms with van der Waals surface area (Å²) in [6.07, 6.45) is 0. The molecule has 0 unspecified atom stereocenters. The van der Waals surface area contributed by atoms with E-state index in [9.17, 15) is 9.59 Å². The summed E-state index contributed by atoms with van der Waals surface area (Å²) in [5.74, 6) is 0.135. The third-order valence-electron chi connectivity index (χ3n) is 4.28. The Morgan fingerprint density at radius 3 is 2.10 bits per heavy atom. The number of nitrogens with zero attached hydrogens (tertiary/aromatic N) is 1. The number of anilines is 1. The van der Waals surface area contributed by atoms with Gasteiger partial charge in [0, 0.05) is 11.1 Å². The number of para-hydroxylation sites is 1. The molecule has 1 aromatic heterocycles. The molecule has 0 aliphatic rings. The Hall–Kier alpha value is -3.77. The van der Waals surface area contributed by atoms with Crippen molar-refractivity contribution in [3.63, 3.8) is 0 Å². The summed E-state index contributed by atoms with van der Waals surface area (Å²) in [4.78, 5) is 30.4. The molecule has 0 bridgehead atoms. The number of hydrogen-bond acceptors (Lipinski definition) is 5. The van der Waals surface area contributed by atoms with Crippen LogP contribution in [-0.4, -0.2) is 23.3 Å². The van der Waals surface area contributed by atoms with Crippen molar-refractivity contribution < 1.29 is 14.3 Å². The van der Waals surface area contributed by atoms with Crippen molar-refractivity contribution in [1.29, 1.82) is 0 Å². The first-order chi connectivity index (χ1) is 14.7. The van der Waals surface area contributed by atoms with Crippen LogP contribution in [-0.2, 0) is 4.79 Å². The summed E-state index contributed by atoms with van der Waals surface area (Å²) in [7, 11) is 0. The van der Waals surface area contributed by atoms with E-state index in [1.165, 1.54) is 0 Å². The number of ketones is 1. The lowest BCUT2D eigenvalue weighted by Crippen LogP contribution is -2.20. The predicted octanol–water partition coefficient (Wildman–Crippen LogP) is 5.06. The van der Waals surface area contributed by atoms with Crippen molar-refractivity contribution in [2.24, 2.45) is 0 Å². The van der Waals surface area contributed by atoms with Crippen molar-refractivity contribution >= 4 is 28.2 Å². The van der Waals surface area contributed by atoms with Crippen LogP contribution in [0.1, 0.15) is 15.2 Å². The molecule has 3 aromatic carbocycles. The molecule has 5 nitrogen and oxygen atoms in total. The standard InChI is InChI=1S/C24H18N2O3S/c27-20(16-29-19-14-8-3-9-15-19)25-24-26-21(17-10-4-1-5-11-17)23(30-24)22(28)18-12-6-2-7-13-18/h1-15H,16H2,(H,25,26,27). The smallest absolute Gasteiger partial charge is 0.264 e. The van der Waals surface area contributed by atoms with Crippen molar-refractivity contribution in [1.82, 2.24) is 4.98 Å². The summed E-state index contributed by atoms with van der Waals surface area (Å²) in [6, 6.07) is 27.6. The Morgan fingerprint density at radius 1 is 0.833 bits per heavy atom. The molecule has 0 spiro atoms. The van der Waals surface area contributed by atoms with Gasteiger partial charge in [-0.1, -0.05) is 90.2 Å². The van der Waals surface area contributed by atoms with Gasteiger partial charge in [0.05, 0.1) is 5.69 Å². The maximum Gasteiger partial charge on any atom is 0.264 e. The van der Waals surface area contributed by atoms with E-state index in [1.54, 1.807) is 24.3 Å². The highest BCUT2D eigenvalue weighted by atomic mass is 32.1. The number of hydrogen-bond donors (Lipinski definition) is 1. The number of aromatic nitrogens is 1. The molecule has 1 amide bonds. The minimum absolute atomic E-state index is 0.131. The van der Waals surface area contributed by atoms with Crippen LogP contribution in [0.25, 0.3) is 11.3 Å². The second kappa shape index (κ2) is 9.15. The van der Waals surface area contributed by atoms with Gasteiger partial charge in [-0.05, 0) is 12.1 Å². The molecule has 148 valence electrons. The Morgan fingerprint density at radius 2 is 1.43 bits per heavy atom. The van der Waals surface area contributed by atoms with Crippen molar-refractivity contribution in [2.75, 3.05) is 11.9 Å². The van der Waals surface area contributed by atoms with Gasteiger partial charge in [0.25, 0.3) is 5.91 Å². The summed E-state index contributed by atoms with van der Waals surface area (Å²) < 4.78 is 5.48. The molecule has 4 aromatic rings. The SMILES string of the molecule is O=C(COc1ccccc1)Nc1nc(-c2ccccc2)c(C(=O)c2ccccc2)s1. The van der Waals surface area contributed by atoms with Gasteiger partial charge >= 0.3 is 0 Å². The third-order valence-corrected chi connectivity index (χ3v) is 5.25. The van der Waals surface area contributed by atoms with Crippen LogP contribution >= 0.6 is 11.3 Å². The third kappa shape index (κ3) is 4.61. The normalized spacial score (nSPS) is 10.4. The fourth-order valence-electron chi connectivity index (χ4n) is 2.86. The lowest BCUT2D eigenvalue weighted by molar-refractivity contribution is -0.118. The summed E-state index contributed by atoms with van der Waals surface area (Å²) in [5, 5.41) is 3.10. The largest absolute Gasteiger partial charge is 0.484 e. The summed E-state index contributed by atoms with van der Waals surface area (Å²) in [5.41, 5.74) is 1.94. The number of rotatable bonds is 7. The van der Waals surface area contributed by atoms with E-state index < -0.39 is 0 Å². The minimum Gasteiger partial charge on any atom is -0.484 e. The van der Waals surface area contributed by atoms with E-state index >= 15 is 0 Å². The highest BCUT2D eigenvalue weighted by molar-refractivity contribution is 7.18. The van der Waals surface area contributed by atoms with Gasteiger partial charge in [-0.15, -0.1) is 0 Å². The monoisotopic (exact) mass is 414 g/mol. The first kappa shape index (κ1) is 19.5. The second-order valence-corrected chi connectivity index (χ2v) is 7.41. The molecule has 0 atom stereocenters. The molecule has 1 heterocycles. The molecule has 0 saturated carbocycles. The molecule has 0 aliphatic heterocycles. The maximum absolute atomic E-state index is 13.1. The van der Waals surface area contributed by atoms with Crippen LogP contribution in [0, 0.1) is 0 Å². The summed E-state index contributed by atoms with van der Waals surface area (Å²) >= 11 is 1.16. The van der Waals surface area contributed by atoms with Crippen molar-refractivity contribution in [3.05, 3.63) is 101 Å². The first-order valence-electron chi connectivity index (χ1n) is 9.34. The van der Waals surface area contributed by atoms with Gasteiger partial charge in [0.1, 0.15) is 10.6 Å². The molecule has 6 heteroatoms. The number of ether oxygens (including phenoxy) is 1. The van der Waals surface area contributed by atoms with Crippen LogP contribution in [0.4, 0.5) is 5.13 Å². The molecule has 0 fully saturated rings. The van der Waals surface area contributed by atoms with Crippen LogP contribution < -0.4 is 10.1 Å². The van der Waals surface area contributed by atoms with Crippen LogP contribution in [0.2, 0.25) is 0 Å². The predicted molar refractivity (Wildman–Crippen MR) is 118 cm³/mol. The van der Waals surface area contributed by atoms with Gasteiger partial charge in [0.2, 0.25) is 5.78 Å².